The van der Waals surface area contributed by atoms with E-state index in [-0.39, 0.29) is 21.9 Å². The van der Waals surface area contributed by atoms with Gasteiger partial charge in [0.25, 0.3) is 0 Å². The van der Waals surface area contributed by atoms with Crippen LogP contribution in [0.1, 0.15) is 16.7 Å². The maximum atomic E-state index is 13.8. The zero-order valence-corrected chi connectivity index (χ0v) is 18.0. The van der Waals surface area contributed by atoms with Crippen LogP contribution in [0.5, 0.6) is 17.2 Å². The van der Waals surface area contributed by atoms with Crippen molar-refractivity contribution in [1.82, 2.24) is 0 Å². The number of phenolic OH excluding ortho intramolecular Hbond substituents is 1. The molecule has 1 aromatic heterocycles. The Morgan fingerprint density at radius 3 is 2.42 bits per heavy atom. The van der Waals surface area contributed by atoms with Gasteiger partial charge in [-0.05, 0) is 55.0 Å². The molecule has 2 N–H and O–H groups in total. The molecule has 0 saturated heterocycles. The Morgan fingerprint density at radius 2 is 1.76 bits per heavy atom. The molecule has 0 spiro atoms. The largest absolute Gasteiger partial charge is 0.508 e. The standard InChI is InChI=1S/C25H17F3O4S/c1-14-2-9-18(20(12-14)25(26,27)28)24-23(19-10-6-16(29)13-21(19)33-24)32-17-7-3-15(4-8-17)5-11-22(30)31/h2-13,29H,1H3,(H,30,31)/b11-5+. The minimum Gasteiger partial charge on any atom is -0.508 e. The number of carboxylic acids is 1. The quantitative estimate of drug-likeness (QED) is 0.297. The molecule has 0 radical (unpaired) electrons. The molecule has 4 nitrogen and oxygen atoms in total. The number of hydrogen-bond donors (Lipinski definition) is 2. The van der Waals surface area contributed by atoms with Crippen LogP contribution in [-0.4, -0.2) is 16.2 Å². The SMILES string of the molecule is Cc1ccc(-c2sc3cc(O)ccc3c2Oc2ccc(/C=C/C(=O)O)cc2)c(C(F)(F)F)c1. The first-order chi connectivity index (χ1) is 15.6. The van der Waals surface area contributed by atoms with Crippen LogP contribution in [0.2, 0.25) is 0 Å². The molecule has 4 rings (SSSR count). The Kier molecular flexibility index (Phi) is 5.86. The lowest BCUT2D eigenvalue weighted by Crippen LogP contribution is -2.07. The molecule has 0 fully saturated rings. The van der Waals surface area contributed by atoms with Crippen molar-refractivity contribution in [2.24, 2.45) is 0 Å². The number of hydrogen-bond acceptors (Lipinski definition) is 4. The number of benzene rings is 3. The van der Waals surface area contributed by atoms with Crippen molar-refractivity contribution in [3.05, 3.63) is 83.4 Å². The van der Waals surface area contributed by atoms with E-state index in [2.05, 4.69) is 0 Å². The normalized spacial score (nSPS) is 11.9. The number of ether oxygens (including phenoxy) is 1. The molecular formula is C25H17F3O4S. The van der Waals surface area contributed by atoms with Crippen molar-refractivity contribution in [3.63, 3.8) is 0 Å². The second kappa shape index (κ2) is 8.63. The van der Waals surface area contributed by atoms with Gasteiger partial charge in [0.2, 0.25) is 0 Å². The number of fused-ring (bicyclic) bond motifs is 1. The number of aliphatic carboxylic acids is 1. The van der Waals surface area contributed by atoms with Crippen molar-refractivity contribution >= 4 is 33.5 Å². The summed E-state index contributed by atoms with van der Waals surface area (Å²) in [4.78, 5) is 11.0. The Hall–Kier alpha value is -3.78. The third-order valence-electron chi connectivity index (χ3n) is 4.87. The molecule has 0 amide bonds. The average Bonchev–Trinajstić information content (AvgIpc) is 3.09. The molecule has 168 valence electrons. The molecule has 0 aliphatic heterocycles. The highest BCUT2D eigenvalue weighted by Gasteiger charge is 2.35. The van der Waals surface area contributed by atoms with Crippen LogP contribution in [0.25, 0.3) is 26.6 Å². The Bertz CT molecular complexity index is 1370. The monoisotopic (exact) mass is 470 g/mol. The van der Waals surface area contributed by atoms with E-state index in [9.17, 15) is 23.1 Å². The van der Waals surface area contributed by atoms with Gasteiger partial charge in [-0.2, -0.15) is 13.2 Å². The van der Waals surface area contributed by atoms with Crippen molar-refractivity contribution in [2.75, 3.05) is 0 Å². The fourth-order valence-electron chi connectivity index (χ4n) is 3.36. The summed E-state index contributed by atoms with van der Waals surface area (Å²) in [6, 6.07) is 15.2. The van der Waals surface area contributed by atoms with Crippen molar-refractivity contribution < 1.29 is 32.9 Å². The molecule has 4 aromatic rings. The van der Waals surface area contributed by atoms with E-state index in [1.165, 1.54) is 24.3 Å². The lowest BCUT2D eigenvalue weighted by molar-refractivity contribution is -0.137. The molecule has 0 atom stereocenters. The van der Waals surface area contributed by atoms with Crippen LogP contribution in [0.15, 0.2) is 66.7 Å². The molecular weight excluding hydrogens is 453 g/mol. The molecule has 0 aliphatic rings. The topological polar surface area (TPSA) is 66.8 Å². The van der Waals surface area contributed by atoms with Gasteiger partial charge in [0, 0.05) is 21.7 Å². The predicted octanol–water partition coefficient (Wildman–Crippen LogP) is 7.49. The molecule has 0 bridgehead atoms. The highest BCUT2D eigenvalue weighted by molar-refractivity contribution is 7.22. The van der Waals surface area contributed by atoms with E-state index < -0.39 is 17.7 Å². The summed E-state index contributed by atoms with van der Waals surface area (Å²) in [6.45, 7) is 1.60. The van der Waals surface area contributed by atoms with Crippen LogP contribution in [-0.2, 0) is 11.0 Å². The van der Waals surface area contributed by atoms with E-state index in [4.69, 9.17) is 9.84 Å². The van der Waals surface area contributed by atoms with Crippen LogP contribution >= 0.6 is 11.3 Å². The molecule has 0 saturated carbocycles. The van der Waals surface area contributed by atoms with Gasteiger partial charge in [-0.3, -0.25) is 0 Å². The Morgan fingerprint density at radius 1 is 1.03 bits per heavy atom. The molecule has 33 heavy (non-hydrogen) atoms. The molecule has 3 aromatic carbocycles. The summed E-state index contributed by atoms with van der Waals surface area (Å²) < 4.78 is 48.2. The van der Waals surface area contributed by atoms with Gasteiger partial charge in [-0.15, -0.1) is 11.3 Å². The zero-order chi connectivity index (χ0) is 23.8. The fourth-order valence-corrected chi connectivity index (χ4v) is 4.57. The van der Waals surface area contributed by atoms with E-state index in [1.54, 1.807) is 43.3 Å². The lowest BCUT2D eigenvalue weighted by atomic mass is 10.0. The summed E-state index contributed by atoms with van der Waals surface area (Å²) in [5.74, 6) is -0.460. The van der Waals surface area contributed by atoms with Gasteiger partial charge in [0.15, 0.2) is 5.75 Å². The molecule has 0 unspecified atom stereocenters. The van der Waals surface area contributed by atoms with Gasteiger partial charge < -0.3 is 14.9 Å². The van der Waals surface area contributed by atoms with Crippen molar-refractivity contribution in [3.8, 4) is 27.7 Å². The Balaban J connectivity index is 1.84. The third-order valence-corrected chi connectivity index (χ3v) is 6.04. The number of alkyl halides is 3. The number of thiophene rings is 1. The maximum absolute atomic E-state index is 13.8. The number of rotatable bonds is 5. The number of phenols is 1. The van der Waals surface area contributed by atoms with E-state index >= 15 is 0 Å². The third kappa shape index (κ3) is 4.85. The molecule has 8 heteroatoms. The van der Waals surface area contributed by atoms with Crippen LogP contribution in [0.3, 0.4) is 0 Å². The average molecular weight is 470 g/mol. The first-order valence-electron chi connectivity index (χ1n) is 9.74. The summed E-state index contributed by atoms with van der Waals surface area (Å²) in [6.07, 6.45) is -2.14. The minimum absolute atomic E-state index is 0.00336. The van der Waals surface area contributed by atoms with Crippen molar-refractivity contribution in [1.29, 1.82) is 0 Å². The molecule has 0 aliphatic carbocycles. The highest BCUT2D eigenvalue weighted by atomic mass is 32.1. The van der Waals surface area contributed by atoms with Gasteiger partial charge in [0.05, 0.1) is 10.4 Å². The summed E-state index contributed by atoms with van der Waals surface area (Å²) in [7, 11) is 0. The van der Waals surface area contributed by atoms with Crippen LogP contribution in [0, 0.1) is 6.92 Å². The maximum Gasteiger partial charge on any atom is 0.417 e. The lowest BCUT2D eigenvalue weighted by Gasteiger charge is -2.15. The van der Waals surface area contributed by atoms with E-state index in [0.29, 0.717) is 27.0 Å². The zero-order valence-electron chi connectivity index (χ0n) is 17.2. The van der Waals surface area contributed by atoms with E-state index in [0.717, 1.165) is 23.5 Å². The summed E-state index contributed by atoms with van der Waals surface area (Å²) in [5, 5.41) is 19.2. The first-order valence-corrected chi connectivity index (χ1v) is 10.6. The van der Waals surface area contributed by atoms with Gasteiger partial charge in [-0.25, -0.2) is 4.79 Å². The number of aromatic hydroxyl groups is 1. The molecule has 1 heterocycles. The summed E-state index contributed by atoms with van der Waals surface area (Å²) >= 11 is 1.10. The van der Waals surface area contributed by atoms with E-state index in [1.807, 2.05) is 0 Å². The second-order valence-corrected chi connectivity index (χ2v) is 8.38. The smallest absolute Gasteiger partial charge is 0.417 e. The number of carboxylic acid groups (broad SMARTS) is 1. The highest BCUT2D eigenvalue weighted by Crippen LogP contribution is 2.50. The van der Waals surface area contributed by atoms with Gasteiger partial charge in [0.1, 0.15) is 11.5 Å². The van der Waals surface area contributed by atoms with Crippen LogP contribution < -0.4 is 4.74 Å². The Labute approximate surface area is 190 Å². The van der Waals surface area contributed by atoms with Gasteiger partial charge in [-0.1, -0.05) is 29.8 Å². The fraction of sp³-hybridized carbons (Fsp3) is 0.0800. The first kappa shape index (κ1) is 22.4. The second-order valence-electron chi connectivity index (χ2n) is 7.33. The number of carbonyl (C=O) groups is 1. The predicted molar refractivity (Wildman–Crippen MR) is 122 cm³/mol. The minimum atomic E-state index is -4.56. The van der Waals surface area contributed by atoms with Crippen molar-refractivity contribution in [2.45, 2.75) is 13.1 Å². The van der Waals surface area contributed by atoms with Crippen LogP contribution in [0.4, 0.5) is 13.2 Å². The number of halogens is 3. The summed E-state index contributed by atoms with van der Waals surface area (Å²) in [5.41, 5.74) is 0.336. The van der Waals surface area contributed by atoms with Gasteiger partial charge >= 0.3 is 12.1 Å². The number of aryl methyl sites for hydroxylation is 1.